The van der Waals surface area contributed by atoms with E-state index in [1.54, 1.807) is 0 Å². The Morgan fingerprint density at radius 1 is 0.362 bits per heavy atom. The zero-order valence-corrected chi connectivity index (χ0v) is 31.3. The van der Waals surface area contributed by atoms with Crippen LogP contribution in [0.2, 0.25) is 0 Å². The van der Waals surface area contributed by atoms with E-state index in [-0.39, 0.29) is 0 Å². The highest BCUT2D eigenvalue weighted by Gasteiger charge is 2.58. The lowest BCUT2D eigenvalue weighted by molar-refractivity contribution is 0.450. The van der Waals surface area contributed by atoms with E-state index in [1.807, 2.05) is 0 Å². The number of benzene rings is 9. The molecule has 1 spiro atoms. The lowest BCUT2D eigenvalue weighted by Gasteiger charge is -2.38. The largest absolute Gasteiger partial charge is 0.455 e. The van der Waals surface area contributed by atoms with Crippen LogP contribution < -0.4 is 4.74 Å². The van der Waals surface area contributed by atoms with Crippen LogP contribution in [0, 0.1) is 0 Å². The van der Waals surface area contributed by atoms with Crippen LogP contribution in [0.5, 0.6) is 11.5 Å². The molecule has 1 aromatic heterocycles. The number of hydrogen-bond acceptors (Lipinski definition) is 3. The number of nitrogens with zero attached hydrogens (tertiary/aromatic N) is 2. The van der Waals surface area contributed by atoms with Gasteiger partial charge in [-0.15, -0.1) is 0 Å². The first-order valence-electron chi connectivity index (χ1n) is 19.9. The molecule has 10 aromatic rings. The minimum atomic E-state index is -0.574. The third-order valence-corrected chi connectivity index (χ3v) is 12.7. The number of aromatic nitrogens is 2. The minimum absolute atomic E-state index is 0.574. The van der Waals surface area contributed by atoms with Gasteiger partial charge in [-0.3, -0.25) is 0 Å². The molecule has 0 saturated carbocycles. The molecule has 0 bridgehead atoms. The van der Waals surface area contributed by atoms with Crippen LogP contribution in [0.15, 0.2) is 194 Å². The van der Waals surface area contributed by atoms with Crippen LogP contribution in [0.25, 0.3) is 88.8 Å². The molecular weight excluding hydrogens is 705 g/mol. The molecule has 2 heterocycles. The third kappa shape index (κ3) is 4.17. The van der Waals surface area contributed by atoms with E-state index >= 15 is 0 Å². The van der Waals surface area contributed by atoms with E-state index in [2.05, 4.69) is 194 Å². The van der Waals surface area contributed by atoms with E-state index < -0.39 is 5.41 Å². The van der Waals surface area contributed by atoms with Gasteiger partial charge in [-0.1, -0.05) is 182 Å². The van der Waals surface area contributed by atoms with Crippen LogP contribution in [-0.4, -0.2) is 9.97 Å². The van der Waals surface area contributed by atoms with Crippen LogP contribution in [-0.2, 0) is 5.41 Å². The van der Waals surface area contributed by atoms with E-state index in [1.165, 1.54) is 60.8 Å². The number of hydrogen-bond donors (Lipinski definition) is 0. The second-order valence-electron chi connectivity index (χ2n) is 15.6. The molecule has 3 heteroatoms. The summed E-state index contributed by atoms with van der Waals surface area (Å²) < 4.78 is 7.25. The van der Waals surface area contributed by atoms with Gasteiger partial charge in [-0.25, -0.2) is 9.97 Å². The first-order chi connectivity index (χ1) is 28.8. The Balaban J connectivity index is 1.10. The summed E-state index contributed by atoms with van der Waals surface area (Å²) in [6.07, 6.45) is 0. The Morgan fingerprint density at radius 2 is 0.983 bits per heavy atom. The lowest BCUT2D eigenvalue weighted by atomic mass is 9.67. The van der Waals surface area contributed by atoms with E-state index in [0.29, 0.717) is 5.82 Å². The predicted molar refractivity (Wildman–Crippen MR) is 235 cm³/mol. The van der Waals surface area contributed by atoms with Gasteiger partial charge in [0.25, 0.3) is 0 Å². The molecule has 0 saturated heterocycles. The fourth-order valence-electron chi connectivity index (χ4n) is 10.2. The zero-order chi connectivity index (χ0) is 38.0. The van der Waals surface area contributed by atoms with Crippen LogP contribution in [0.3, 0.4) is 0 Å². The molecular formula is C55H32N2O. The molecule has 0 radical (unpaired) electrons. The van der Waals surface area contributed by atoms with Crippen molar-refractivity contribution in [2.24, 2.45) is 0 Å². The van der Waals surface area contributed by atoms with Crippen LogP contribution >= 0.6 is 0 Å². The van der Waals surface area contributed by atoms with Crippen LogP contribution in [0.1, 0.15) is 22.3 Å². The van der Waals surface area contributed by atoms with Gasteiger partial charge in [-0.05, 0) is 67.4 Å². The quantitative estimate of drug-likeness (QED) is 0.180. The maximum Gasteiger partial charge on any atom is 0.160 e. The van der Waals surface area contributed by atoms with E-state index in [0.717, 1.165) is 55.9 Å². The fourth-order valence-corrected chi connectivity index (χ4v) is 10.2. The number of fused-ring (bicyclic) bond motifs is 8. The van der Waals surface area contributed by atoms with Gasteiger partial charge in [-0.2, -0.15) is 0 Å². The molecule has 9 aromatic carbocycles. The van der Waals surface area contributed by atoms with Crippen molar-refractivity contribution in [3.05, 3.63) is 216 Å². The normalized spacial score (nSPS) is 15.1. The van der Waals surface area contributed by atoms with Crippen molar-refractivity contribution in [2.45, 2.75) is 5.41 Å². The number of ether oxygens (including phenoxy) is 1. The molecule has 0 amide bonds. The molecule has 0 fully saturated rings. The van der Waals surface area contributed by atoms with E-state index in [4.69, 9.17) is 14.7 Å². The Morgan fingerprint density at radius 3 is 1.79 bits per heavy atom. The van der Waals surface area contributed by atoms with Gasteiger partial charge in [0.2, 0.25) is 0 Å². The summed E-state index contributed by atoms with van der Waals surface area (Å²) >= 11 is 0. The summed E-state index contributed by atoms with van der Waals surface area (Å²) in [6, 6.07) is 69.7. The van der Waals surface area contributed by atoms with Crippen molar-refractivity contribution in [1.82, 2.24) is 9.97 Å². The molecule has 268 valence electrons. The highest BCUT2D eigenvalue weighted by Crippen LogP contribution is 2.71. The predicted octanol–water partition coefficient (Wildman–Crippen LogP) is 13.9. The molecule has 0 N–H and O–H groups in total. The summed E-state index contributed by atoms with van der Waals surface area (Å²) in [7, 11) is 0. The maximum atomic E-state index is 7.25. The van der Waals surface area contributed by atoms with Gasteiger partial charge in [0, 0.05) is 38.6 Å². The summed E-state index contributed by atoms with van der Waals surface area (Å²) in [5.41, 5.74) is 16.6. The van der Waals surface area contributed by atoms with Gasteiger partial charge < -0.3 is 4.74 Å². The summed E-state index contributed by atoms with van der Waals surface area (Å²) in [5, 5.41) is 4.60. The summed E-state index contributed by atoms with van der Waals surface area (Å²) in [5.74, 6) is 2.58. The molecule has 3 nitrogen and oxygen atoms in total. The van der Waals surface area contributed by atoms with Crippen molar-refractivity contribution in [3.8, 4) is 78.8 Å². The van der Waals surface area contributed by atoms with Crippen molar-refractivity contribution in [2.75, 3.05) is 0 Å². The number of rotatable bonds is 4. The Kier molecular flexibility index (Phi) is 6.37. The molecule has 1 unspecified atom stereocenters. The molecule has 1 aliphatic heterocycles. The third-order valence-electron chi connectivity index (χ3n) is 12.7. The van der Waals surface area contributed by atoms with Crippen LogP contribution in [0.4, 0.5) is 0 Å². The fraction of sp³-hybridized carbons (Fsp3) is 0.0182. The Bertz CT molecular complexity index is 3350. The lowest BCUT2D eigenvalue weighted by Crippen LogP contribution is -2.30. The van der Waals surface area contributed by atoms with Gasteiger partial charge >= 0.3 is 0 Å². The maximum absolute atomic E-state index is 7.25. The molecule has 58 heavy (non-hydrogen) atoms. The summed E-state index contributed by atoms with van der Waals surface area (Å²) in [6.45, 7) is 0. The topological polar surface area (TPSA) is 35.0 Å². The van der Waals surface area contributed by atoms with E-state index in [9.17, 15) is 0 Å². The first kappa shape index (κ1) is 31.6. The average Bonchev–Trinajstić information content (AvgIpc) is 3.77. The Labute approximate surface area is 335 Å². The molecule has 2 aliphatic carbocycles. The van der Waals surface area contributed by atoms with Crippen molar-refractivity contribution >= 4 is 21.5 Å². The van der Waals surface area contributed by atoms with Crippen molar-refractivity contribution in [1.29, 1.82) is 0 Å². The highest BCUT2D eigenvalue weighted by atomic mass is 16.5. The monoisotopic (exact) mass is 736 g/mol. The molecule has 3 aliphatic rings. The molecule has 13 rings (SSSR count). The second kappa shape index (κ2) is 11.7. The first-order valence-corrected chi connectivity index (χ1v) is 19.9. The Hall–Kier alpha value is -7.62. The van der Waals surface area contributed by atoms with Gasteiger partial charge in [0.1, 0.15) is 11.5 Å². The molecule has 1 atom stereocenters. The average molecular weight is 737 g/mol. The minimum Gasteiger partial charge on any atom is -0.455 e. The summed E-state index contributed by atoms with van der Waals surface area (Å²) in [4.78, 5) is 10.7. The SMILES string of the molecule is c1ccc(-c2ccc(-c3nc(-c4ccccc4)cc(-c4cccc5c4-c4cccc6c4C54c5ccc7ccccc7c5Oc5c4c-6cc4ccccc54)n3)cc2)cc1. The standard InChI is InChI=1S/C55H32N2O/c1-3-13-33(14-4-1)34-25-27-37(28-26-34)54-56-47(36-16-5-2-6-17-36)32-48(57-54)42-22-12-24-45-49(42)43-23-11-21-41-44-31-38-18-8-10-20-40(38)53-51(44)55(45,50(41)43)46-30-29-35-15-7-9-19-39(35)52(46)58-53/h1-32H. The highest BCUT2D eigenvalue weighted by molar-refractivity contribution is 6.10. The van der Waals surface area contributed by atoms with Crippen molar-refractivity contribution < 1.29 is 4.74 Å². The van der Waals surface area contributed by atoms with Gasteiger partial charge in [0.15, 0.2) is 5.82 Å². The van der Waals surface area contributed by atoms with Gasteiger partial charge in [0.05, 0.1) is 16.8 Å². The van der Waals surface area contributed by atoms with Crippen molar-refractivity contribution in [3.63, 3.8) is 0 Å². The zero-order valence-electron chi connectivity index (χ0n) is 31.3. The smallest absolute Gasteiger partial charge is 0.160 e. The second-order valence-corrected chi connectivity index (χ2v) is 15.6.